The smallest absolute Gasteiger partial charge is 0.168 e. The Morgan fingerprint density at radius 1 is 1.32 bits per heavy atom. The Kier molecular flexibility index (Phi) is 4.81. The van der Waals surface area contributed by atoms with E-state index in [4.69, 9.17) is 4.74 Å². The number of hydrogen-bond donors (Lipinski definition) is 1. The number of nitrogens with one attached hydrogen (secondary N) is 1. The molecule has 0 amide bonds. The Morgan fingerprint density at radius 3 is 2.68 bits per heavy atom. The zero-order chi connectivity index (χ0) is 13.8. The SMILES string of the molecule is COc1cccc(CC(C)C(C)CNC2CC2)c1F. The predicted octanol–water partition coefficient (Wildman–Crippen LogP) is 3.40. The summed E-state index contributed by atoms with van der Waals surface area (Å²) in [5.74, 6) is 1.13. The largest absolute Gasteiger partial charge is 0.494 e. The number of ether oxygens (including phenoxy) is 1. The minimum atomic E-state index is -0.209. The number of rotatable bonds is 7. The molecule has 0 spiro atoms. The van der Waals surface area contributed by atoms with Crippen LogP contribution in [0.1, 0.15) is 32.3 Å². The summed E-state index contributed by atoms with van der Waals surface area (Å²) < 4.78 is 19.1. The third kappa shape index (κ3) is 3.93. The van der Waals surface area contributed by atoms with Crippen molar-refractivity contribution in [1.29, 1.82) is 0 Å². The Hall–Kier alpha value is -1.09. The molecule has 0 heterocycles. The van der Waals surface area contributed by atoms with E-state index in [0.29, 0.717) is 17.6 Å². The van der Waals surface area contributed by atoms with E-state index in [2.05, 4.69) is 19.2 Å². The standard InChI is InChI=1S/C16H24FNO/c1-11(12(2)10-18-14-7-8-14)9-13-5-4-6-15(19-3)16(13)17/h4-6,11-12,14,18H,7-10H2,1-3H3. The van der Waals surface area contributed by atoms with Crippen LogP contribution in [0.2, 0.25) is 0 Å². The summed E-state index contributed by atoms with van der Waals surface area (Å²) in [5.41, 5.74) is 0.755. The van der Waals surface area contributed by atoms with E-state index in [9.17, 15) is 4.39 Å². The van der Waals surface area contributed by atoms with Crippen molar-refractivity contribution in [3.8, 4) is 5.75 Å². The highest BCUT2D eigenvalue weighted by atomic mass is 19.1. The first kappa shape index (κ1) is 14.3. The van der Waals surface area contributed by atoms with Crippen LogP contribution in [0, 0.1) is 17.7 Å². The zero-order valence-electron chi connectivity index (χ0n) is 12.1. The van der Waals surface area contributed by atoms with Crippen molar-refractivity contribution in [3.63, 3.8) is 0 Å². The molecule has 2 atom stereocenters. The lowest BCUT2D eigenvalue weighted by molar-refractivity contribution is 0.353. The van der Waals surface area contributed by atoms with Gasteiger partial charge in [-0.15, -0.1) is 0 Å². The van der Waals surface area contributed by atoms with Crippen LogP contribution in [0.5, 0.6) is 5.75 Å². The fourth-order valence-corrected chi connectivity index (χ4v) is 2.26. The molecule has 0 bridgehead atoms. The van der Waals surface area contributed by atoms with Gasteiger partial charge in [0.1, 0.15) is 0 Å². The highest BCUT2D eigenvalue weighted by Gasteiger charge is 2.23. The third-order valence-electron chi connectivity index (χ3n) is 4.08. The molecule has 2 nitrogen and oxygen atoms in total. The second kappa shape index (κ2) is 6.38. The van der Waals surface area contributed by atoms with Gasteiger partial charge in [0.25, 0.3) is 0 Å². The number of methoxy groups -OCH3 is 1. The van der Waals surface area contributed by atoms with Gasteiger partial charge in [-0.25, -0.2) is 4.39 Å². The third-order valence-corrected chi connectivity index (χ3v) is 4.08. The van der Waals surface area contributed by atoms with Crippen LogP contribution in [0.15, 0.2) is 18.2 Å². The molecule has 0 aliphatic heterocycles. The summed E-state index contributed by atoms with van der Waals surface area (Å²) in [6, 6.07) is 6.12. The van der Waals surface area contributed by atoms with E-state index in [1.807, 2.05) is 12.1 Å². The summed E-state index contributed by atoms with van der Waals surface area (Å²) >= 11 is 0. The molecule has 1 aliphatic rings. The lowest BCUT2D eigenvalue weighted by Gasteiger charge is -2.21. The number of hydrogen-bond acceptors (Lipinski definition) is 2. The first-order valence-corrected chi connectivity index (χ1v) is 7.16. The molecular weight excluding hydrogens is 241 g/mol. The Labute approximate surface area is 115 Å². The molecule has 1 aromatic rings. The Morgan fingerprint density at radius 2 is 2.05 bits per heavy atom. The molecule has 1 saturated carbocycles. The van der Waals surface area contributed by atoms with Crippen LogP contribution in [0.3, 0.4) is 0 Å². The van der Waals surface area contributed by atoms with Gasteiger partial charge in [-0.1, -0.05) is 26.0 Å². The van der Waals surface area contributed by atoms with Gasteiger partial charge in [0, 0.05) is 6.04 Å². The maximum Gasteiger partial charge on any atom is 0.168 e. The van der Waals surface area contributed by atoms with Gasteiger partial charge in [-0.05, 0) is 49.3 Å². The second-order valence-corrected chi connectivity index (χ2v) is 5.77. The van der Waals surface area contributed by atoms with E-state index in [1.165, 1.54) is 20.0 Å². The van der Waals surface area contributed by atoms with Gasteiger partial charge >= 0.3 is 0 Å². The van der Waals surface area contributed by atoms with E-state index in [-0.39, 0.29) is 5.82 Å². The fourth-order valence-electron chi connectivity index (χ4n) is 2.26. The summed E-state index contributed by atoms with van der Waals surface area (Å²) in [6.07, 6.45) is 3.38. The van der Waals surface area contributed by atoms with Gasteiger partial charge in [0.2, 0.25) is 0 Å². The molecule has 0 aromatic heterocycles. The molecule has 2 rings (SSSR count). The molecule has 2 unspecified atom stereocenters. The van der Waals surface area contributed by atoms with Crippen molar-refractivity contribution < 1.29 is 9.13 Å². The minimum Gasteiger partial charge on any atom is -0.494 e. The molecule has 106 valence electrons. The molecule has 0 radical (unpaired) electrons. The lowest BCUT2D eigenvalue weighted by Crippen LogP contribution is -2.27. The van der Waals surface area contributed by atoms with Crippen molar-refractivity contribution in [2.45, 2.75) is 39.2 Å². The molecular formula is C16H24FNO. The van der Waals surface area contributed by atoms with Gasteiger partial charge in [-0.2, -0.15) is 0 Å². The van der Waals surface area contributed by atoms with Crippen molar-refractivity contribution in [3.05, 3.63) is 29.6 Å². The topological polar surface area (TPSA) is 21.3 Å². The number of halogens is 1. The van der Waals surface area contributed by atoms with Gasteiger partial charge in [0.05, 0.1) is 7.11 Å². The van der Waals surface area contributed by atoms with Crippen LogP contribution in [-0.4, -0.2) is 19.7 Å². The van der Waals surface area contributed by atoms with E-state index in [0.717, 1.165) is 24.6 Å². The molecule has 1 aliphatic carbocycles. The molecule has 0 saturated heterocycles. The highest BCUT2D eigenvalue weighted by molar-refractivity contribution is 5.31. The summed E-state index contributed by atoms with van der Waals surface area (Å²) in [4.78, 5) is 0. The maximum absolute atomic E-state index is 14.1. The van der Waals surface area contributed by atoms with Crippen molar-refractivity contribution in [2.24, 2.45) is 11.8 Å². The normalized spacial score (nSPS) is 18.1. The molecule has 1 aromatic carbocycles. The zero-order valence-corrected chi connectivity index (χ0v) is 12.1. The minimum absolute atomic E-state index is 0.209. The van der Waals surface area contributed by atoms with E-state index in [1.54, 1.807) is 6.07 Å². The van der Waals surface area contributed by atoms with E-state index >= 15 is 0 Å². The Bertz CT molecular complexity index is 417. The molecule has 1 N–H and O–H groups in total. The van der Waals surface area contributed by atoms with Crippen molar-refractivity contribution >= 4 is 0 Å². The summed E-state index contributed by atoms with van der Waals surface area (Å²) in [7, 11) is 1.51. The highest BCUT2D eigenvalue weighted by Crippen LogP contribution is 2.25. The van der Waals surface area contributed by atoms with Gasteiger partial charge in [-0.3, -0.25) is 0 Å². The van der Waals surface area contributed by atoms with E-state index < -0.39 is 0 Å². The van der Waals surface area contributed by atoms with Crippen LogP contribution in [0.4, 0.5) is 4.39 Å². The van der Waals surface area contributed by atoms with Crippen molar-refractivity contribution in [1.82, 2.24) is 5.32 Å². The van der Waals surface area contributed by atoms with Gasteiger partial charge in [0.15, 0.2) is 11.6 Å². The van der Waals surface area contributed by atoms with Crippen LogP contribution >= 0.6 is 0 Å². The molecule has 1 fully saturated rings. The molecule has 3 heteroatoms. The Balaban J connectivity index is 1.91. The first-order chi connectivity index (χ1) is 9.11. The average molecular weight is 265 g/mol. The van der Waals surface area contributed by atoms with Crippen LogP contribution < -0.4 is 10.1 Å². The first-order valence-electron chi connectivity index (χ1n) is 7.16. The summed E-state index contributed by atoms with van der Waals surface area (Å²) in [6.45, 7) is 5.45. The van der Waals surface area contributed by atoms with Crippen LogP contribution in [-0.2, 0) is 6.42 Å². The monoisotopic (exact) mass is 265 g/mol. The van der Waals surface area contributed by atoms with Gasteiger partial charge < -0.3 is 10.1 Å². The van der Waals surface area contributed by atoms with Crippen LogP contribution in [0.25, 0.3) is 0 Å². The second-order valence-electron chi connectivity index (χ2n) is 5.77. The predicted molar refractivity (Wildman–Crippen MR) is 76.0 cm³/mol. The quantitative estimate of drug-likeness (QED) is 0.816. The fraction of sp³-hybridized carbons (Fsp3) is 0.625. The lowest BCUT2D eigenvalue weighted by atomic mass is 9.89. The van der Waals surface area contributed by atoms with Crippen molar-refractivity contribution in [2.75, 3.05) is 13.7 Å². The maximum atomic E-state index is 14.1. The molecule has 19 heavy (non-hydrogen) atoms. The summed E-state index contributed by atoms with van der Waals surface area (Å²) in [5, 5.41) is 3.54. The number of benzene rings is 1. The average Bonchev–Trinajstić information content (AvgIpc) is 3.22.